The van der Waals surface area contributed by atoms with E-state index in [2.05, 4.69) is 4.43 Å². The van der Waals surface area contributed by atoms with Crippen LogP contribution in [-0.2, 0) is 9.22 Å². The van der Waals surface area contributed by atoms with Crippen molar-refractivity contribution in [2.45, 2.75) is 6.55 Å². The molecule has 0 saturated carbocycles. The maximum Gasteiger partial charge on any atom is 1.00 e. The Bertz CT molecular complexity index is 74.8. The first-order valence-corrected chi connectivity index (χ1v) is 4.16. The van der Waals surface area contributed by atoms with Gasteiger partial charge in [-0.1, -0.05) is 0 Å². The molecule has 0 aliphatic rings. The standard InChI is InChI=1S/C3H9NO2Si.Na.H/c1-7-6-3(5)2-4;;/h2,4,7H2,1H3;;/q;+1;-1. The first kappa shape index (κ1) is 11.4. The van der Waals surface area contributed by atoms with E-state index < -0.39 is 9.76 Å². The van der Waals surface area contributed by atoms with Gasteiger partial charge in [-0.05, 0) is 6.55 Å². The second kappa shape index (κ2) is 7.65. The van der Waals surface area contributed by atoms with Gasteiger partial charge in [0.2, 0.25) is 9.76 Å². The molecule has 0 unspecified atom stereocenters. The number of hydrogen-bond donors (Lipinski definition) is 1. The molecule has 0 aliphatic heterocycles. The van der Waals surface area contributed by atoms with Crippen molar-refractivity contribution in [3.8, 4) is 0 Å². The van der Waals surface area contributed by atoms with Gasteiger partial charge >= 0.3 is 35.5 Å². The number of nitrogens with two attached hydrogens (primary N) is 1. The molecule has 2 N–H and O–H groups in total. The van der Waals surface area contributed by atoms with E-state index >= 15 is 0 Å². The molecule has 44 valence electrons. The van der Waals surface area contributed by atoms with E-state index in [9.17, 15) is 4.79 Å². The molecule has 0 radical (unpaired) electrons. The van der Waals surface area contributed by atoms with Crippen molar-refractivity contribution in [3.63, 3.8) is 0 Å². The third-order valence-electron chi connectivity index (χ3n) is 0.472. The number of rotatable bonds is 2. The SMILES string of the molecule is C[SiH2]OC(=O)CN.[H-].[Na+]. The Morgan fingerprint density at radius 2 is 2.50 bits per heavy atom. The first-order valence-electron chi connectivity index (χ1n) is 2.17. The van der Waals surface area contributed by atoms with Crippen LogP contribution in [0.25, 0.3) is 0 Å². The Hall–Kier alpha value is 0.647. The number of hydrogen-bond acceptors (Lipinski definition) is 3. The fourth-order valence-corrected chi connectivity index (χ4v) is 0.660. The summed E-state index contributed by atoms with van der Waals surface area (Å²) in [6, 6.07) is 0. The summed E-state index contributed by atoms with van der Waals surface area (Å²) < 4.78 is 4.57. The van der Waals surface area contributed by atoms with Gasteiger partial charge in [-0.25, -0.2) is 0 Å². The van der Waals surface area contributed by atoms with Gasteiger partial charge in [0.1, 0.15) is 0 Å². The summed E-state index contributed by atoms with van der Waals surface area (Å²) in [6.07, 6.45) is 0. The molecule has 0 atom stereocenters. The molecule has 0 spiro atoms. The van der Waals surface area contributed by atoms with Crippen LogP contribution < -0.4 is 35.3 Å². The maximum absolute atomic E-state index is 10.1. The zero-order valence-corrected chi connectivity index (χ0v) is 8.72. The van der Waals surface area contributed by atoms with Crippen molar-refractivity contribution < 1.29 is 40.2 Å². The van der Waals surface area contributed by atoms with E-state index in [0.717, 1.165) is 0 Å². The van der Waals surface area contributed by atoms with Gasteiger partial charge in [-0.2, -0.15) is 0 Å². The van der Waals surface area contributed by atoms with E-state index in [1.165, 1.54) is 0 Å². The molecule has 3 nitrogen and oxygen atoms in total. The van der Waals surface area contributed by atoms with Gasteiger partial charge in [0, 0.05) is 0 Å². The minimum Gasteiger partial charge on any atom is -1.00 e. The first-order chi connectivity index (χ1) is 3.31. The third kappa shape index (κ3) is 6.65. The van der Waals surface area contributed by atoms with E-state index in [4.69, 9.17) is 5.73 Å². The summed E-state index contributed by atoms with van der Waals surface area (Å²) in [5.41, 5.74) is 4.91. The molecule has 0 bridgehead atoms. The van der Waals surface area contributed by atoms with Crippen LogP contribution in [-0.4, -0.2) is 22.3 Å². The second-order valence-electron chi connectivity index (χ2n) is 1.01. The Balaban J connectivity index is -0.000000180. The monoisotopic (exact) mass is 143 g/mol. The summed E-state index contributed by atoms with van der Waals surface area (Å²) in [7, 11) is -0.574. The summed E-state index contributed by atoms with van der Waals surface area (Å²) in [6.45, 7) is 1.90. The van der Waals surface area contributed by atoms with Crippen LogP contribution in [0.15, 0.2) is 0 Å². The summed E-state index contributed by atoms with van der Waals surface area (Å²) in [5.74, 6) is -0.283. The quantitative estimate of drug-likeness (QED) is 0.398. The van der Waals surface area contributed by atoms with Crippen LogP contribution >= 0.6 is 0 Å². The van der Waals surface area contributed by atoms with E-state index in [-0.39, 0.29) is 43.5 Å². The minimum absolute atomic E-state index is 0. The number of carbonyl (C=O) groups excluding carboxylic acids is 1. The van der Waals surface area contributed by atoms with Crippen LogP contribution in [0.1, 0.15) is 1.43 Å². The van der Waals surface area contributed by atoms with Crippen molar-refractivity contribution >= 4 is 15.7 Å². The topological polar surface area (TPSA) is 52.3 Å². The van der Waals surface area contributed by atoms with Gasteiger partial charge in [-0.15, -0.1) is 0 Å². The molecule has 0 amide bonds. The van der Waals surface area contributed by atoms with Crippen LogP contribution in [0.4, 0.5) is 0 Å². The van der Waals surface area contributed by atoms with Crippen molar-refractivity contribution in [1.82, 2.24) is 0 Å². The molecule has 0 aliphatic carbocycles. The number of carbonyl (C=O) groups is 1. The molecule has 0 aromatic rings. The second-order valence-corrected chi connectivity index (χ2v) is 1.88. The van der Waals surface area contributed by atoms with Gasteiger partial charge in [0.05, 0.1) is 6.54 Å². The molecule has 0 fully saturated rings. The molecule has 0 heterocycles. The average molecular weight is 143 g/mol. The minimum atomic E-state index is -0.574. The van der Waals surface area contributed by atoms with E-state index in [1.54, 1.807) is 0 Å². The molecule has 0 rings (SSSR count). The summed E-state index contributed by atoms with van der Waals surface area (Å²) in [4.78, 5) is 10.1. The van der Waals surface area contributed by atoms with Gasteiger partial charge < -0.3 is 11.6 Å². The van der Waals surface area contributed by atoms with Gasteiger partial charge in [-0.3, -0.25) is 4.79 Å². The summed E-state index contributed by atoms with van der Waals surface area (Å²) in [5, 5.41) is 0. The van der Waals surface area contributed by atoms with E-state index in [0.29, 0.717) is 0 Å². The average Bonchev–Trinajstić information content (AvgIpc) is 1.68. The predicted octanol–water partition coefficient (Wildman–Crippen LogP) is -4.26. The summed E-state index contributed by atoms with van der Waals surface area (Å²) >= 11 is 0. The Morgan fingerprint density at radius 3 is 2.62 bits per heavy atom. The predicted molar refractivity (Wildman–Crippen MR) is 30.7 cm³/mol. The van der Waals surface area contributed by atoms with Crippen LogP contribution in [0, 0.1) is 0 Å². The fraction of sp³-hybridized carbons (Fsp3) is 0.667. The molecule has 0 aromatic carbocycles. The van der Waals surface area contributed by atoms with Crippen molar-refractivity contribution in [2.75, 3.05) is 6.54 Å². The normalized spacial score (nSPS) is 8.75. The Labute approximate surface area is 74.7 Å². The van der Waals surface area contributed by atoms with Crippen LogP contribution in [0.2, 0.25) is 6.55 Å². The third-order valence-corrected chi connectivity index (χ3v) is 1.08. The van der Waals surface area contributed by atoms with E-state index in [1.807, 2.05) is 6.55 Å². The molecular formula is C3H10NNaO2Si. The fourth-order valence-electron chi connectivity index (χ4n) is 0.220. The van der Waals surface area contributed by atoms with Crippen LogP contribution in [0.5, 0.6) is 0 Å². The largest absolute Gasteiger partial charge is 1.00 e. The van der Waals surface area contributed by atoms with Gasteiger partial charge in [0.25, 0.3) is 0 Å². The smallest absolute Gasteiger partial charge is 1.00 e. The Kier molecular flexibility index (Phi) is 10.9. The Morgan fingerprint density at radius 1 is 2.00 bits per heavy atom. The van der Waals surface area contributed by atoms with Crippen LogP contribution in [0.3, 0.4) is 0 Å². The van der Waals surface area contributed by atoms with Crippen molar-refractivity contribution in [1.29, 1.82) is 0 Å². The zero-order valence-electron chi connectivity index (χ0n) is 6.31. The molecule has 0 saturated heterocycles. The van der Waals surface area contributed by atoms with Gasteiger partial charge in [0.15, 0.2) is 0 Å². The zero-order chi connectivity index (χ0) is 5.70. The molecule has 5 heteroatoms. The van der Waals surface area contributed by atoms with Crippen molar-refractivity contribution in [2.24, 2.45) is 5.73 Å². The van der Waals surface area contributed by atoms with Crippen molar-refractivity contribution in [3.05, 3.63) is 0 Å². The molecule has 8 heavy (non-hydrogen) atoms. The molecule has 0 aromatic heterocycles. The maximum atomic E-state index is 10.1. The molecular weight excluding hydrogens is 133 g/mol.